The van der Waals surface area contributed by atoms with E-state index >= 15 is 0 Å². The monoisotopic (exact) mass is 283 g/mol. The molecule has 0 aliphatic carbocycles. The molecule has 7 nitrogen and oxygen atoms in total. The lowest BCUT2D eigenvalue weighted by molar-refractivity contribution is -0.119. The first kappa shape index (κ1) is 16.4. The fraction of sp³-hybridized carbons (Fsp3) is 0.769. The second-order valence-electron chi connectivity index (χ2n) is 4.57. The van der Waals surface area contributed by atoms with Gasteiger partial charge in [0.1, 0.15) is 6.54 Å². The highest BCUT2D eigenvalue weighted by molar-refractivity contribution is 5.80. The minimum Gasteiger partial charge on any atom is -0.406 e. The Hall–Kier alpha value is -1.63. The minimum atomic E-state index is -0.0498. The molecule has 0 spiro atoms. The van der Waals surface area contributed by atoms with Crippen molar-refractivity contribution < 1.29 is 9.21 Å². The van der Waals surface area contributed by atoms with E-state index in [2.05, 4.69) is 27.8 Å². The Balaban J connectivity index is 2.65. The maximum absolute atomic E-state index is 11.6. The van der Waals surface area contributed by atoms with E-state index in [1.165, 1.54) is 0 Å². The van der Waals surface area contributed by atoms with Crippen molar-refractivity contribution in [2.75, 3.05) is 31.1 Å². The Morgan fingerprint density at radius 2 is 2.10 bits per heavy atom. The molecule has 1 aromatic heterocycles. The highest BCUT2D eigenvalue weighted by Gasteiger charge is 2.18. The predicted molar refractivity (Wildman–Crippen MR) is 77.6 cm³/mol. The Morgan fingerprint density at radius 1 is 1.35 bits per heavy atom. The molecule has 20 heavy (non-hydrogen) atoms. The normalized spacial score (nSPS) is 12.2. The molecule has 0 aliphatic heterocycles. The Morgan fingerprint density at radius 3 is 2.70 bits per heavy atom. The molecule has 1 aromatic rings. The molecule has 0 radical (unpaired) electrons. The number of hydrogen-bond donors (Lipinski definition) is 2. The van der Waals surface area contributed by atoms with Crippen LogP contribution in [0.25, 0.3) is 0 Å². The zero-order valence-corrected chi connectivity index (χ0v) is 12.8. The fourth-order valence-corrected chi connectivity index (χ4v) is 1.72. The maximum atomic E-state index is 11.6. The second kappa shape index (κ2) is 8.52. The fourth-order valence-electron chi connectivity index (χ4n) is 1.72. The van der Waals surface area contributed by atoms with Gasteiger partial charge in [0.2, 0.25) is 11.8 Å². The Bertz CT molecular complexity index is 407. The second-order valence-corrected chi connectivity index (χ2v) is 4.57. The van der Waals surface area contributed by atoms with Crippen LogP contribution in [0.15, 0.2) is 4.42 Å². The predicted octanol–water partition coefficient (Wildman–Crippen LogP) is 1.09. The van der Waals surface area contributed by atoms with Gasteiger partial charge in [0.15, 0.2) is 0 Å². The molecule has 1 atom stereocenters. The molecule has 7 heteroatoms. The lowest BCUT2D eigenvalue weighted by atomic mass is 10.3. The van der Waals surface area contributed by atoms with Crippen molar-refractivity contribution in [2.45, 2.75) is 40.2 Å². The topological polar surface area (TPSA) is 83.3 Å². The smallest absolute Gasteiger partial charge is 0.318 e. The quantitative estimate of drug-likeness (QED) is 0.706. The van der Waals surface area contributed by atoms with Gasteiger partial charge in [0.05, 0.1) is 6.04 Å². The highest BCUT2D eigenvalue weighted by atomic mass is 16.4. The van der Waals surface area contributed by atoms with Gasteiger partial charge in [-0.25, -0.2) is 0 Å². The van der Waals surface area contributed by atoms with Crippen molar-refractivity contribution in [3.63, 3.8) is 0 Å². The number of anilines is 1. The standard InChI is InChI=1S/C13H25N5O2/c1-5-8-15-10(4)12-16-17-13(20-12)18(7-3)9-11(19)14-6-2/h10,15H,5-9H2,1-4H3,(H,14,19). The van der Waals surface area contributed by atoms with Gasteiger partial charge in [-0.1, -0.05) is 12.0 Å². The Kier molecular flexibility index (Phi) is 7.00. The number of amides is 1. The third-order valence-corrected chi connectivity index (χ3v) is 2.86. The van der Waals surface area contributed by atoms with Crippen LogP contribution in [-0.4, -0.2) is 42.3 Å². The minimum absolute atomic E-state index is 0.0133. The maximum Gasteiger partial charge on any atom is 0.318 e. The summed E-state index contributed by atoms with van der Waals surface area (Å²) in [5.41, 5.74) is 0. The van der Waals surface area contributed by atoms with Crippen molar-refractivity contribution in [3.05, 3.63) is 5.89 Å². The molecule has 0 saturated carbocycles. The molecule has 1 rings (SSSR count). The number of carbonyl (C=O) groups is 1. The van der Waals surface area contributed by atoms with Gasteiger partial charge in [0.25, 0.3) is 0 Å². The molecular formula is C13H25N5O2. The summed E-state index contributed by atoms with van der Waals surface area (Å²) in [6.07, 6.45) is 1.05. The van der Waals surface area contributed by atoms with Crippen LogP contribution in [0.5, 0.6) is 0 Å². The summed E-state index contributed by atoms with van der Waals surface area (Å²) in [7, 11) is 0. The highest BCUT2D eigenvalue weighted by Crippen LogP contribution is 2.16. The summed E-state index contributed by atoms with van der Waals surface area (Å²) in [6, 6.07) is 0.401. The number of likely N-dealkylation sites (N-methyl/N-ethyl adjacent to an activating group) is 2. The summed E-state index contributed by atoms with van der Waals surface area (Å²) in [5, 5.41) is 14.1. The lowest BCUT2D eigenvalue weighted by Crippen LogP contribution is -2.37. The van der Waals surface area contributed by atoms with E-state index in [0.29, 0.717) is 25.0 Å². The molecule has 0 saturated heterocycles. The van der Waals surface area contributed by atoms with Crippen LogP contribution in [-0.2, 0) is 4.79 Å². The van der Waals surface area contributed by atoms with Crippen LogP contribution in [0.1, 0.15) is 46.0 Å². The number of rotatable bonds is 9. The van der Waals surface area contributed by atoms with E-state index in [1.54, 1.807) is 4.90 Å². The SMILES string of the molecule is CCCNC(C)c1nnc(N(CC)CC(=O)NCC)o1. The summed E-state index contributed by atoms with van der Waals surface area (Å²) >= 11 is 0. The Labute approximate surface area is 120 Å². The van der Waals surface area contributed by atoms with Crippen molar-refractivity contribution in [3.8, 4) is 0 Å². The van der Waals surface area contributed by atoms with Crippen LogP contribution in [0, 0.1) is 0 Å². The number of nitrogens with zero attached hydrogens (tertiary/aromatic N) is 3. The molecule has 2 N–H and O–H groups in total. The number of hydrogen-bond acceptors (Lipinski definition) is 6. The average molecular weight is 283 g/mol. The number of carbonyl (C=O) groups excluding carboxylic acids is 1. The van der Waals surface area contributed by atoms with E-state index in [-0.39, 0.29) is 18.5 Å². The van der Waals surface area contributed by atoms with E-state index in [9.17, 15) is 4.79 Å². The molecule has 1 heterocycles. The van der Waals surface area contributed by atoms with Gasteiger partial charge in [-0.15, -0.1) is 5.10 Å². The first-order valence-electron chi connectivity index (χ1n) is 7.20. The van der Waals surface area contributed by atoms with Crippen LogP contribution in [0.4, 0.5) is 6.01 Å². The van der Waals surface area contributed by atoms with Crippen molar-refractivity contribution in [1.82, 2.24) is 20.8 Å². The number of nitrogens with one attached hydrogen (secondary N) is 2. The average Bonchev–Trinajstić information content (AvgIpc) is 2.92. The van der Waals surface area contributed by atoms with Crippen LogP contribution >= 0.6 is 0 Å². The first-order valence-corrected chi connectivity index (χ1v) is 7.20. The summed E-state index contributed by atoms with van der Waals surface area (Å²) in [5.74, 6) is 0.494. The van der Waals surface area contributed by atoms with Crippen LogP contribution < -0.4 is 15.5 Å². The number of aromatic nitrogens is 2. The van der Waals surface area contributed by atoms with E-state index in [4.69, 9.17) is 4.42 Å². The van der Waals surface area contributed by atoms with E-state index in [1.807, 2.05) is 20.8 Å². The first-order chi connectivity index (χ1) is 9.62. The third kappa shape index (κ3) is 4.80. The molecule has 114 valence electrons. The summed E-state index contributed by atoms with van der Waals surface area (Å²) in [6.45, 7) is 10.3. The van der Waals surface area contributed by atoms with Crippen molar-refractivity contribution >= 4 is 11.9 Å². The van der Waals surface area contributed by atoms with Crippen LogP contribution in [0.3, 0.4) is 0 Å². The molecular weight excluding hydrogens is 258 g/mol. The molecule has 0 bridgehead atoms. The van der Waals surface area contributed by atoms with Crippen molar-refractivity contribution in [2.24, 2.45) is 0 Å². The third-order valence-electron chi connectivity index (χ3n) is 2.86. The van der Waals surface area contributed by atoms with Gasteiger partial charge in [-0.2, -0.15) is 0 Å². The van der Waals surface area contributed by atoms with Crippen LogP contribution in [0.2, 0.25) is 0 Å². The molecule has 1 amide bonds. The molecule has 1 unspecified atom stereocenters. The van der Waals surface area contributed by atoms with Gasteiger partial charge in [-0.3, -0.25) is 4.79 Å². The van der Waals surface area contributed by atoms with Gasteiger partial charge in [-0.05, 0) is 33.7 Å². The van der Waals surface area contributed by atoms with Crippen molar-refractivity contribution in [1.29, 1.82) is 0 Å². The zero-order valence-electron chi connectivity index (χ0n) is 12.8. The molecule has 0 fully saturated rings. The van der Waals surface area contributed by atoms with Gasteiger partial charge in [0, 0.05) is 13.1 Å². The summed E-state index contributed by atoms with van der Waals surface area (Å²) < 4.78 is 5.64. The van der Waals surface area contributed by atoms with E-state index in [0.717, 1.165) is 13.0 Å². The largest absolute Gasteiger partial charge is 0.406 e. The van der Waals surface area contributed by atoms with Gasteiger partial charge >= 0.3 is 6.01 Å². The van der Waals surface area contributed by atoms with Gasteiger partial charge < -0.3 is 20.0 Å². The molecule has 0 aliphatic rings. The summed E-state index contributed by atoms with van der Waals surface area (Å²) in [4.78, 5) is 13.4. The van der Waals surface area contributed by atoms with E-state index < -0.39 is 0 Å². The molecule has 0 aromatic carbocycles. The zero-order chi connectivity index (χ0) is 15.0. The lowest BCUT2D eigenvalue weighted by Gasteiger charge is -2.17.